The van der Waals surface area contributed by atoms with Gasteiger partial charge in [-0.1, -0.05) is 24.3 Å². The van der Waals surface area contributed by atoms with Gasteiger partial charge in [-0.2, -0.15) is 16.0 Å². The lowest BCUT2D eigenvalue weighted by Crippen LogP contribution is -2.15. The van der Waals surface area contributed by atoms with E-state index in [2.05, 4.69) is 68.9 Å². The number of hydrogen-bond acceptors (Lipinski definition) is 6. The van der Waals surface area contributed by atoms with Gasteiger partial charge >= 0.3 is 0 Å². The first-order valence-electron chi connectivity index (χ1n) is 10.2. The van der Waals surface area contributed by atoms with Gasteiger partial charge < -0.3 is 20.1 Å². The summed E-state index contributed by atoms with van der Waals surface area (Å²) in [6, 6.07) is 12.4. The molecule has 162 valence electrons. The van der Waals surface area contributed by atoms with Crippen LogP contribution in [-0.4, -0.2) is 36.8 Å². The number of fused-ring (bicyclic) bond motifs is 1. The Morgan fingerprint density at radius 3 is 2.65 bits per heavy atom. The molecule has 2 aromatic carbocycles. The number of hydrogen-bond donors (Lipinski definition) is 3. The van der Waals surface area contributed by atoms with Crippen molar-refractivity contribution in [2.75, 3.05) is 26.6 Å². The Kier molecular flexibility index (Phi) is 6.44. The average Bonchev–Trinajstić information content (AvgIpc) is 3.29. The van der Waals surface area contributed by atoms with E-state index in [1.165, 1.54) is 16.7 Å². The SMILES string of the molecule is CNCc1ccccc1C1=C[SH](C(C)Nc2nncc3cc(OC)c(OC)cc23)C=C1. The quantitative estimate of drug-likeness (QED) is 0.445. The summed E-state index contributed by atoms with van der Waals surface area (Å²) in [4.78, 5) is 0. The highest BCUT2D eigenvalue weighted by atomic mass is 32.2. The van der Waals surface area contributed by atoms with Crippen LogP contribution in [0.2, 0.25) is 0 Å². The minimum atomic E-state index is -0.488. The van der Waals surface area contributed by atoms with Crippen LogP contribution in [0.3, 0.4) is 0 Å². The summed E-state index contributed by atoms with van der Waals surface area (Å²) in [6.07, 6.45) is 3.98. The molecular formula is C24H28N4O2S. The number of rotatable bonds is 8. The maximum atomic E-state index is 5.48. The third-order valence-corrected chi connectivity index (χ3v) is 7.46. The van der Waals surface area contributed by atoms with Crippen LogP contribution in [0.5, 0.6) is 11.5 Å². The molecule has 0 saturated carbocycles. The van der Waals surface area contributed by atoms with Crippen molar-refractivity contribution < 1.29 is 9.47 Å². The Bertz CT molecular complexity index is 1150. The minimum Gasteiger partial charge on any atom is -0.493 e. The highest BCUT2D eigenvalue weighted by Crippen LogP contribution is 2.44. The Morgan fingerprint density at radius 1 is 1.10 bits per heavy atom. The van der Waals surface area contributed by atoms with Crippen molar-refractivity contribution in [3.05, 3.63) is 70.6 Å². The molecule has 0 spiro atoms. The number of ether oxygens (including phenoxy) is 2. The molecule has 2 heterocycles. The number of thiol groups is 1. The van der Waals surface area contributed by atoms with Crippen molar-refractivity contribution in [1.82, 2.24) is 15.5 Å². The fourth-order valence-corrected chi connectivity index (χ4v) is 5.47. The zero-order valence-electron chi connectivity index (χ0n) is 18.2. The van der Waals surface area contributed by atoms with E-state index in [0.717, 1.165) is 23.1 Å². The maximum Gasteiger partial charge on any atom is 0.161 e. The molecule has 4 rings (SSSR count). The number of aromatic nitrogens is 2. The monoisotopic (exact) mass is 436 g/mol. The van der Waals surface area contributed by atoms with E-state index in [4.69, 9.17) is 9.47 Å². The highest BCUT2D eigenvalue weighted by molar-refractivity contribution is 8.23. The van der Waals surface area contributed by atoms with Crippen molar-refractivity contribution in [1.29, 1.82) is 0 Å². The van der Waals surface area contributed by atoms with Crippen LogP contribution in [0.25, 0.3) is 16.3 Å². The van der Waals surface area contributed by atoms with Crippen molar-refractivity contribution in [2.45, 2.75) is 18.8 Å². The summed E-state index contributed by atoms with van der Waals surface area (Å²) >= 11 is 0. The Morgan fingerprint density at radius 2 is 1.87 bits per heavy atom. The van der Waals surface area contributed by atoms with Gasteiger partial charge in [-0.15, -0.1) is 5.10 Å². The van der Waals surface area contributed by atoms with Gasteiger partial charge in [-0.05, 0) is 59.7 Å². The standard InChI is InChI=1S/C24H28N4O2S/c1-16(31-10-9-18(15-31)20-8-6-5-7-17(20)13-25-2)27-24-21-12-23(30-4)22(29-3)11-19(21)14-26-28-24/h5-12,14-16,25,31H,13H2,1-4H3,(H,27,28). The number of anilines is 1. The van der Waals surface area contributed by atoms with E-state index in [-0.39, 0.29) is 5.37 Å². The lowest BCUT2D eigenvalue weighted by molar-refractivity contribution is 0.356. The largest absolute Gasteiger partial charge is 0.493 e. The second-order valence-corrected chi connectivity index (χ2v) is 9.57. The lowest BCUT2D eigenvalue weighted by atomic mass is 10.0. The number of nitrogens with one attached hydrogen (secondary N) is 2. The first-order chi connectivity index (χ1) is 15.1. The van der Waals surface area contributed by atoms with E-state index >= 15 is 0 Å². The van der Waals surface area contributed by atoms with Crippen LogP contribution >= 0.6 is 10.9 Å². The van der Waals surface area contributed by atoms with Crippen LogP contribution < -0.4 is 20.1 Å². The Labute approximate surface area is 185 Å². The maximum absolute atomic E-state index is 5.48. The molecule has 2 unspecified atom stereocenters. The predicted octanol–water partition coefficient (Wildman–Crippen LogP) is 4.69. The molecule has 0 amide bonds. The van der Waals surface area contributed by atoms with Gasteiger partial charge in [-0.3, -0.25) is 0 Å². The zero-order chi connectivity index (χ0) is 21.8. The van der Waals surface area contributed by atoms with Gasteiger partial charge in [0.2, 0.25) is 0 Å². The molecule has 31 heavy (non-hydrogen) atoms. The summed E-state index contributed by atoms with van der Waals surface area (Å²) in [5.41, 5.74) is 3.87. The van der Waals surface area contributed by atoms with Gasteiger partial charge in [-0.25, -0.2) is 0 Å². The van der Waals surface area contributed by atoms with Crippen molar-refractivity contribution in [3.8, 4) is 11.5 Å². The van der Waals surface area contributed by atoms with E-state index in [0.29, 0.717) is 11.5 Å². The highest BCUT2D eigenvalue weighted by Gasteiger charge is 2.18. The number of allylic oxidation sites excluding steroid dienone is 2. The molecule has 0 aliphatic carbocycles. The molecule has 0 saturated heterocycles. The van der Waals surface area contributed by atoms with E-state index < -0.39 is 10.9 Å². The fourth-order valence-electron chi connectivity index (χ4n) is 3.75. The summed E-state index contributed by atoms with van der Waals surface area (Å²) < 4.78 is 10.9. The fraction of sp³-hybridized carbons (Fsp3) is 0.250. The smallest absolute Gasteiger partial charge is 0.161 e. The molecule has 7 heteroatoms. The van der Waals surface area contributed by atoms with Crippen molar-refractivity contribution in [2.24, 2.45) is 0 Å². The van der Waals surface area contributed by atoms with Gasteiger partial charge in [0.25, 0.3) is 0 Å². The normalized spacial score (nSPS) is 17.4. The van der Waals surface area contributed by atoms with Crippen molar-refractivity contribution >= 4 is 33.1 Å². The summed E-state index contributed by atoms with van der Waals surface area (Å²) in [5, 5.41) is 22.2. The Balaban J connectivity index is 1.59. The van der Waals surface area contributed by atoms with Crippen LogP contribution in [0.1, 0.15) is 18.1 Å². The molecule has 0 bridgehead atoms. The topological polar surface area (TPSA) is 68.3 Å². The summed E-state index contributed by atoms with van der Waals surface area (Å²) in [7, 11) is 4.76. The molecular weight excluding hydrogens is 408 g/mol. The van der Waals surface area contributed by atoms with E-state index in [9.17, 15) is 0 Å². The zero-order valence-corrected chi connectivity index (χ0v) is 19.1. The molecule has 1 aliphatic heterocycles. The second kappa shape index (κ2) is 9.41. The molecule has 0 radical (unpaired) electrons. The average molecular weight is 437 g/mol. The summed E-state index contributed by atoms with van der Waals surface area (Å²) in [6.45, 7) is 3.04. The van der Waals surface area contributed by atoms with Crippen LogP contribution in [0.15, 0.2) is 59.5 Å². The first kappa shape index (κ1) is 21.2. The molecule has 2 atom stereocenters. The van der Waals surface area contributed by atoms with Gasteiger partial charge in [0.05, 0.1) is 25.8 Å². The van der Waals surface area contributed by atoms with Gasteiger partial charge in [0, 0.05) is 17.3 Å². The van der Waals surface area contributed by atoms with Gasteiger partial charge in [0.15, 0.2) is 17.3 Å². The third-order valence-electron chi connectivity index (χ3n) is 5.37. The van der Waals surface area contributed by atoms with Crippen molar-refractivity contribution in [3.63, 3.8) is 0 Å². The molecule has 2 N–H and O–H groups in total. The molecule has 3 aromatic rings. The predicted molar refractivity (Wildman–Crippen MR) is 131 cm³/mol. The number of benzene rings is 2. The van der Waals surface area contributed by atoms with Crippen LogP contribution in [0, 0.1) is 0 Å². The van der Waals surface area contributed by atoms with E-state index in [1.807, 2.05) is 19.2 Å². The first-order valence-corrected chi connectivity index (χ1v) is 11.7. The van der Waals surface area contributed by atoms with Gasteiger partial charge in [0.1, 0.15) is 0 Å². The van der Waals surface area contributed by atoms with Crippen LogP contribution in [0.4, 0.5) is 5.82 Å². The molecule has 1 aliphatic rings. The number of methoxy groups -OCH3 is 2. The molecule has 6 nitrogen and oxygen atoms in total. The second-order valence-electron chi connectivity index (χ2n) is 7.34. The van der Waals surface area contributed by atoms with E-state index in [1.54, 1.807) is 20.4 Å². The molecule has 1 aromatic heterocycles. The Hall–Kier alpha value is -3.03. The lowest BCUT2D eigenvalue weighted by Gasteiger charge is -2.22. The molecule has 0 fully saturated rings. The summed E-state index contributed by atoms with van der Waals surface area (Å²) in [5.74, 6) is 2.10. The number of nitrogens with zero attached hydrogens (tertiary/aromatic N) is 2. The third kappa shape index (κ3) is 4.38. The van der Waals surface area contributed by atoms with Crippen LogP contribution in [-0.2, 0) is 6.54 Å². The minimum absolute atomic E-state index is 0.202.